The average Bonchev–Trinajstić information content (AvgIpc) is 2.89. The normalized spacial score (nSPS) is 17.1. The SMILES string of the molecule is Fc1cc(Br)cc(CC(CBr)(CBr)C2CCCC2)c1. The lowest BCUT2D eigenvalue weighted by atomic mass is 9.73. The van der Waals surface area contributed by atoms with Crippen LogP contribution in [0.5, 0.6) is 0 Å². The van der Waals surface area contributed by atoms with Crippen molar-refractivity contribution in [3.63, 3.8) is 0 Å². The molecule has 1 saturated carbocycles. The van der Waals surface area contributed by atoms with Gasteiger partial charge in [0.05, 0.1) is 0 Å². The lowest BCUT2D eigenvalue weighted by molar-refractivity contribution is 0.233. The molecule has 0 radical (unpaired) electrons. The molecule has 0 aromatic heterocycles. The Morgan fingerprint density at radius 3 is 2.26 bits per heavy atom. The molecule has 0 heterocycles. The molecule has 0 aliphatic heterocycles. The summed E-state index contributed by atoms with van der Waals surface area (Å²) >= 11 is 10.8. The highest BCUT2D eigenvalue weighted by Gasteiger charge is 2.38. The summed E-state index contributed by atoms with van der Waals surface area (Å²) in [5.74, 6) is 0.571. The van der Waals surface area contributed by atoms with Gasteiger partial charge in [0.2, 0.25) is 0 Å². The van der Waals surface area contributed by atoms with E-state index in [-0.39, 0.29) is 11.2 Å². The van der Waals surface area contributed by atoms with Crippen molar-refractivity contribution in [2.24, 2.45) is 11.3 Å². The van der Waals surface area contributed by atoms with Gasteiger partial charge in [-0.3, -0.25) is 0 Å². The van der Waals surface area contributed by atoms with E-state index in [1.165, 1.54) is 31.7 Å². The minimum absolute atomic E-state index is 0.158. The van der Waals surface area contributed by atoms with Gasteiger partial charge in [-0.25, -0.2) is 4.39 Å². The van der Waals surface area contributed by atoms with E-state index in [9.17, 15) is 4.39 Å². The molecule has 106 valence electrons. The van der Waals surface area contributed by atoms with Crippen LogP contribution in [-0.2, 0) is 6.42 Å². The molecule has 1 aliphatic rings. The van der Waals surface area contributed by atoms with Crippen molar-refractivity contribution >= 4 is 47.8 Å². The van der Waals surface area contributed by atoms with Crippen molar-refractivity contribution < 1.29 is 4.39 Å². The van der Waals surface area contributed by atoms with E-state index in [1.807, 2.05) is 6.07 Å². The zero-order valence-corrected chi connectivity index (χ0v) is 15.5. The predicted molar refractivity (Wildman–Crippen MR) is 89.8 cm³/mol. The van der Waals surface area contributed by atoms with Crippen molar-refractivity contribution in [3.8, 4) is 0 Å². The molecule has 4 heteroatoms. The first-order chi connectivity index (χ1) is 9.09. The van der Waals surface area contributed by atoms with Crippen LogP contribution in [0, 0.1) is 17.2 Å². The number of hydrogen-bond acceptors (Lipinski definition) is 0. The number of alkyl halides is 2. The molecular weight excluding hydrogens is 439 g/mol. The van der Waals surface area contributed by atoms with Crippen molar-refractivity contribution in [1.29, 1.82) is 0 Å². The van der Waals surface area contributed by atoms with Crippen LogP contribution in [0.3, 0.4) is 0 Å². The second-order valence-electron chi connectivity index (χ2n) is 5.57. The molecule has 0 nitrogen and oxygen atoms in total. The van der Waals surface area contributed by atoms with Crippen molar-refractivity contribution in [2.45, 2.75) is 32.1 Å². The Labute approximate surface area is 139 Å². The molecule has 19 heavy (non-hydrogen) atoms. The second-order valence-corrected chi connectivity index (χ2v) is 7.60. The first-order valence-electron chi connectivity index (χ1n) is 6.66. The van der Waals surface area contributed by atoms with Gasteiger partial charge in [0.1, 0.15) is 5.82 Å². The second kappa shape index (κ2) is 7.04. The number of rotatable bonds is 5. The van der Waals surface area contributed by atoms with Crippen LogP contribution in [0.2, 0.25) is 0 Å². The van der Waals surface area contributed by atoms with Crippen LogP contribution >= 0.6 is 47.8 Å². The molecule has 2 rings (SSSR count). The zero-order chi connectivity index (χ0) is 13.9. The maximum absolute atomic E-state index is 13.5. The summed E-state index contributed by atoms with van der Waals surface area (Å²) in [6.45, 7) is 0. The summed E-state index contributed by atoms with van der Waals surface area (Å²) in [7, 11) is 0. The molecule has 1 aromatic rings. The lowest BCUT2D eigenvalue weighted by Crippen LogP contribution is -2.35. The van der Waals surface area contributed by atoms with Gasteiger partial charge in [-0.2, -0.15) is 0 Å². The fourth-order valence-electron chi connectivity index (χ4n) is 3.15. The molecule has 1 aliphatic carbocycles. The van der Waals surface area contributed by atoms with Gasteiger partial charge in [0.15, 0.2) is 0 Å². The molecular formula is C15H18Br3F. The van der Waals surface area contributed by atoms with Gasteiger partial charge < -0.3 is 0 Å². The maximum atomic E-state index is 13.5. The van der Waals surface area contributed by atoms with E-state index < -0.39 is 0 Å². The monoisotopic (exact) mass is 454 g/mol. The molecule has 1 aromatic carbocycles. The number of hydrogen-bond donors (Lipinski definition) is 0. The zero-order valence-electron chi connectivity index (χ0n) is 10.8. The predicted octanol–water partition coefficient (Wildman–Crippen LogP) is 6.10. The fraction of sp³-hybridized carbons (Fsp3) is 0.600. The van der Waals surface area contributed by atoms with Crippen LogP contribution in [0.4, 0.5) is 4.39 Å². The summed E-state index contributed by atoms with van der Waals surface area (Å²) < 4.78 is 14.4. The molecule has 0 spiro atoms. The summed E-state index contributed by atoms with van der Waals surface area (Å²) in [6.07, 6.45) is 6.18. The summed E-state index contributed by atoms with van der Waals surface area (Å²) in [5, 5.41) is 1.92. The molecule has 0 amide bonds. The first-order valence-corrected chi connectivity index (χ1v) is 9.70. The van der Waals surface area contributed by atoms with Gasteiger partial charge >= 0.3 is 0 Å². The van der Waals surface area contributed by atoms with E-state index >= 15 is 0 Å². The van der Waals surface area contributed by atoms with Crippen molar-refractivity contribution in [1.82, 2.24) is 0 Å². The maximum Gasteiger partial charge on any atom is 0.124 e. The fourth-order valence-corrected chi connectivity index (χ4v) is 5.90. The van der Waals surface area contributed by atoms with E-state index in [2.05, 4.69) is 47.8 Å². The minimum atomic E-state index is -0.158. The highest BCUT2D eigenvalue weighted by molar-refractivity contribution is 9.10. The van der Waals surface area contributed by atoms with Crippen molar-refractivity contribution in [2.75, 3.05) is 10.7 Å². The van der Waals surface area contributed by atoms with Gasteiger partial charge in [0.25, 0.3) is 0 Å². The van der Waals surface area contributed by atoms with E-state index in [1.54, 1.807) is 6.07 Å². The Hall–Kier alpha value is 0.590. The summed E-state index contributed by atoms with van der Waals surface area (Å²) in [4.78, 5) is 0. The summed E-state index contributed by atoms with van der Waals surface area (Å²) in [6, 6.07) is 5.22. The third-order valence-electron chi connectivity index (χ3n) is 4.23. The molecule has 0 atom stereocenters. The van der Waals surface area contributed by atoms with Gasteiger partial charge in [-0.1, -0.05) is 60.6 Å². The highest BCUT2D eigenvalue weighted by Crippen LogP contribution is 2.45. The van der Waals surface area contributed by atoms with Crippen LogP contribution in [-0.4, -0.2) is 10.7 Å². The van der Waals surface area contributed by atoms with Gasteiger partial charge in [-0.05, 0) is 54.4 Å². The van der Waals surface area contributed by atoms with Crippen LogP contribution < -0.4 is 0 Å². The van der Waals surface area contributed by atoms with E-state index in [0.717, 1.165) is 33.0 Å². The van der Waals surface area contributed by atoms with Crippen LogP contribution in [0.25, 0.3) is 0 Å². The van der Waals surface area contributed by atoms with E-state index in [0.29, 0.717) is 0 Å². The summed E-state index contributed by atoms with van der Waals surface area (Å²) in [5.41, 5.74) is 1.28. The Bertz CT molecular complexity index is 403. The topological polar surface area (TPSA) is 0 Å². The Kier molecular flexibility index (Phi) is 5.91. The molecule has 0 N–H and O–H groups in total. The van der Waals surface area contributed by atoms with Gasteiger partial charge in [0, 0.05) is 15.1 Å². The quantitative estimate of drug-likeness (QED) is 0.470. The lowest BCUT2D eigenvalue weighted by Gasteiger charge is -2.36. The Morgan fingerprint density at radius 2 is 1.74 bits per heavy atom. The Balaban J connectivity index is 2.24. The van der Waals surface area contributed by atoms with E-state index in [4.69, 9.17) is 0 Å². The van der Waals surface area contributed by atoms with Gasteiger partial charge in [-0.15, -0.1) is 0 Å². The molecule has 0 saturated heterocycles. The third-order valence-corrected chi connectivity index (χ3v) is 6.92. The molecule has 0 unspecified atom stereocenters. The van der Waals surface area contributed by atoms with Crippen LogP contribution in [0.15, 0.2) is 22.7 Å². The molecule has 1 fully saturated rings. The smallest absolute Gasteiger partial charge is 0.124 e. The highest BCUT2D eigenvalue weighted by atomic mass is 79.9. The van der Waals surface area contributed by atoms with Crippen LogP contribution in [0.1, 0.15) is 31.2 Å². The molecule has 0 bridgehead atoms. The third kappa shape index (κ3) is 3.82. The first kappa shape index (κ1) is 16.0. The minimum Gasteiger partial charge on any atom is -0.207 e. The Morgan fingerprint density at radius 1 is 1.11 bits per heavy atom. The standard InChI is InChI=1S/C15H18Br3F/c16-9-15(10-17,12-3-1-2-4-12)8-11-5-13(18)7-14(19)6-11/h5-7,12H,1-4,8-10H2. The average molecular weight is 457 g/mol. The number of benzene rings is 1. The number of halogens is 4. The largest absolute Gasteiger partial charge is 0.207 e. The van der Waals surface area contributed by atoms with Crippen molar-refractivity contribution in [3.05, 3.63) is 34.1 Å².